The quantitative estimate of drug-likeness (QED) is 0.619. The molecule has 88 valence electrons. The van der Waals surface area contributed by atoms with Gasteiger partial charge >= 0.3 is 0 Å². The van der Waals surface area contributed by atoms with Gasteiger partial charge in [-0.1, -0.05) is 13.8 Å². The number of benzene rings is 1. The Labute approximate surface area is 93.6 Å². The second-order valence-electron chi connectivity index (χ2n) is 4.06. The first kappa shape index (κ1) is 12.4. The SMILES string of the molecule is CC(C)CCNc1cc(F)cc([N+](=O)[O-])c1. The van der Waals surface area contributed by atoms with Crippen LogP contribution in [0.3, 0.4) is 0 Å². The van der Waals surface area contributed by atoms with Crippen LogP contribution in [-0.4, -0.2) is 11.5 Å². The summed E-state index contributed by atoms with van der Waals surface area (Å²) in [7, 11) is 0. The summed E-state index contributed by atoms with van der Waals surface area (Å²) < 4.78 is 13.0. The molecule has 0 unspecified atom stereocenters. The van der Waals surface area contributed by atoms with Crippen molar-refractivity contribution in [1.29, 1.82) is 0 Å². The molecule has 0 aliphatic carbocycles. The van der Waals surface area contributed by atoms with Crippen molar-refractivity contribution in [3.63, 3.8) is 0 Å². The number of nitro groups is 1. The normalized spacial score (nSPS) is 10.5. The number of non-ortho nitro benzene ring substituents is 1. The van der Waals surface area contributed by atoms with Gasteiger partial charge in [0.05, 0.1) is 11.0 Å². The summed E-state index contributed by atoms with van der Waals surface area (Å²) in [6, 6.07) is 3.50. The molecule has 0 saturated heterocycles. The third kappa shape index (κ3) is 3.84. The molecule has 4 nitrogen and oxygen atoms in total. The standard InChI is InChI=1S/C11H15FN2O2/c1-8(2)3-4-13-10-5-9(12)6-11(7-10)14(15)16/h5-8,13H,3-4H2,1-2H3. The molecule has 0 aliphatic heterocycles. The molecule has 1 rings (SSSR count). The number of nitrogens with zero attached hydrogens (tertiary/aromatic N) is 1. The maximum atomic E-state index is 13.0. The number of hydrogen-bond acceptors (Lipinski definition) is 3. The minimum absolute atomic E-state index is 0.230. The third-order valence-corrected chi connectivity index (χ3v) is 2.14. The lowest BCUT2D eigenvalue weighted by molar-refractivity contribution is -0.385. The monoisotopic (exact) mass is 226 g/mol. The van der Waals surface area contributed by atoms with Crippen molar-refractivity contribution >= 4 is 11.4 Å². The van der Waals surface area contributed by atoms with Crippen LogP contribution in [0.1, 0.15) is 20.3 Å². The predicted octanol–water partition coefficient (Wildman–Crippen LogP) is 3.19. The van der Waals surface area contributed by atoms with Crippen LogP contribution in [0.2, 0.25) is 0 Å². The molecule has 0 bridgehead atoms. The predicted molar refractivity (Wildman–Crippen MR) is 61.0 cm³/mol. The summed E-state index contributed by atoms with van der Waals surface area (Å²) in [5.74, 6) is -0.0581. The van der Waals surface area contributed by atoms with Gasteiger partial charge in [-0.05, 0) is 18.4 Å². The van der Waals surface area contributed by atoms with Crippen LogP contribution in [0.15, 0.2) is 18.2 Å². The van der Waals surface area contributed by atoms with Gasteiger partial charge in [0.15, 0.2) is 0 Å². The Kier molecular flexibility index (Phi) is 4.22. The molecule has 1 N–H and O–H groups in total. The van der Waals surface area contributed by atoms with Gasteiger partial charge < -0.3 is 5.32 Å². The molecule has 0 fully saturated rings. The molecular formula is C11H15FN2O2. The molecule has 0 atom stereocenters. The second-order valence-corrected chi connectivity index (χ2v) is 4.06. The second kappa shape index (κ2) is 5.44. The van der Waals surface area contributed by atoms with Crippen LogP contribution in [0.4, 0.5) is 15.8 Å². The minimum atomic E-state index is -0.600. The number of halogens is 1. The number of anilines is 1. The fourth-order valence-electron chi connectivity index (χ4n) is 1.29. The van der Waals surface area contributed by atoms with Gasteiger partial charge in [0.2, 0.25) is 0 Å². The first-order chi connectivity index (χ1) is 7.49. The van der Waals surface area contributed by atoms with E-state index in [4.69, 9.17) is 0 Å². The maximum Gasteiger partial charge on any atom is 0.274 e. The lowest BCUT2D eigenvalue weighted by Crippen LogP contribution is -2.05. The molecule has 0 spiro atoms. The zero-order valence-electron chi connectivity index (χ0n) is 9.37. The summed E-state index contributed by atoms with van der Waals surface area (Å²) in [6.07, 6.45) is 0.935. The van der Waals surface area contributed by atoms with Gasteiger partial charge in [-0.3, -0.25) is 10.1 Å². The Morgan fingerprint density at radius 3 is 2.69 bits per heavy atom. The van der Waals surface area contributed by atoms with Crippen LogP contribution in [0.5, 0.6) is 0 Å². The highest BCUT2D eigenvalue weighted by Crippen LogP contribution is 2.20. The average Bonchev–Trinajstić information content (AvgIpc) is 2.16. The molecule has 1 aromatic carbocycles. The molecule has 0 radical (unpaired) electrons. The number of rotatable bonds is 5. The summed E-state index contributed by atoms with van der Waals surface area (Å²) in [4.78, 5) is 9.90. The molecule has 5 heteroatoms. The smallest absolute Gasteiger partial charge is 0.274 e. The van der Waals surface area contributed by atoms with Crippen molar-refractivity contribution in [3.05, 3.63) is 34.1 Å². The van der Waals surface area contributed by atoms with Gasteiger partial charge in [0.25, 0.3) is 5.69 Å². The largest absolute Gasteiger partial charge is 0.385 e. The highest BCUT2D eigenvalue weighted by Gasteiger charge is 2.09. The average molecular weight is 226 g/mol. The molecule has 0 amide bonds. The number of nitro benzene ring substituents is 1. The lowest BCUT2D eigenvalue weighted by Gasteiger charge is -2.08. The molecular weight excluding hydrogens is 211 g/mol. The third-order valence-electron chi connectivity index (χ3n) is 2.14. The number of nitrogens with one attached hydrogen (secondary N) is 1. The van der Waals surface area contributed by atoms with E-state index in [9.17, 15) is 14.5 Å². The van der Waals surface area contributed by atoms with Crippen molar-refractivity contribution in [3.8, 4) is 0 Å². The van der Waals surface area contributed by atoms with Crippen LogP contribution < -0.4 is 5.32 Å². The van der Waals surface area contributed by atoms with Crippen LogP contribution in [-0.2, 0) is 0 Å². The first-order valence-corrected chi connectivity index (χ1v) is 5.18. The van der Waals surface area contributed by atoms with E-state index in [1.165, 1.54) is 12.1 Å². The van der Waals surface area contributed by atoms with E-state index >= 15 is 0 Å². The summed E-state index contributed by atoms with van der Waals surface area (Å²) >= 11 is 0. The Morgan fingerprint density at radius 1 is 1.44 bits per heavy atom. The zero-order valence-corrected chi connectivity index (χ0v) is 9.37. The molecule has 16 heavy (non-hydrogen) atoms. The fourth-order valence-corrected chi connectivity index (χ4v) is 1.29. The lowest BCUT2D eigenvalue weighted by atomic mass is 10.1. The van der Waals surface area contributed by atoms with E-state index in [1.807, 2.05) is 0 Å². The fraction of sp³-hybridized carbons (Fsp3) is 0.455. The highest BCUT2D eigenvalue weighted by atomic mass is 19.1. The van der Waals surface area contributed by atoms with Crippen LogP contribution >= 0.6 is 0 Å². The van der Waals surface area contributed by atoms with Crippen molar-refractivity contribution in [2.24, 2.45) is 5.92 Å². The molecule has 1 aromatic rings. The van der Waals surface area contributed by atoms with E-state index in [0.717, 1.165) is 12.5 Å². The van der Waals surface area contributed by atoms with E-state index < -0.39 is 10.7 Å². The van der Waals surface area contributed by atoms with Crippen LogP contribution in [0, 0.1) is 21.8 Å². The Hall–Kier alpha value is -1.65. The zero-order chi connectivity index (χ0) is 12.1. The first-order valence-electron chi connectivity index (χ1n) is 5.18. The maximum absolute atomic E-state index is 13.0. The molecule has 0 aliphatic rings. The van der Waals surface area contributed by atoms with Crippen molar-refractivity contribution < 1.29 is 9.31 Å². The van der Waals surface area contributed by atoms with Crippen molar-refractivity contribution in [1.82, 2.24) is 0 Å². The topological polar surface area (TPSA) is 55.2 Å². The molecule has 0 aromatic heterocycles. The van der Waals surface area contributed by atoms with Crippen molar-refractivity contribution in [2.45, 2.75) is 20.3 Å². The summed E-state index contributed by atoms with van der Waals surface area (Å²) in [5.41, 5.74) is 0.222. The van der Waals surface area contributed by atoms with Gasteiger partial charge in [-0.25, -0.2) is 4.39 Å². The van der Waals surface area contributed by atoms with E-state index in [1.54, 1.807) is 0 Å². The summed E-state index contributed by atoms with van der Waals surface area (Å²) in [6.45, 7) is 4.84. The van der Waals surface area contributed by atoms with Gasteiger partial charge in [-0.2, -0.15) is 0 Å². The Bertz CT molecular complexity index is 380. The van der Waals surface area contributed by atoms with E-state index in [0.29, 0.717) is 18.2 Å². The van der Waals surface area contributed by atoms with Crippen LogP contribution in [0.25, 0.3) is 0 Å². The molecule has 0 heterocycles. The van der Waals surface area contributed by atoms with Gasteiger partial charge in [-0.15, -0.1) is 0 Å². The molecule has 0 saturated carbocycles. The minimum Gasteiger partial charge on any atom is -0.385 e. The van der Waals surface area contributed by atoms with E-state index in [-0.39, 0.29) is 5.69 Å². The summed E-state index contributed by atoms with van der Waals surface area (Å²) in [5, 5.41) is 13.5. The van der Waals surface area contributed by atoms with E-state index in [2.05, 4.69) is 19.2 Å². The highest BCUT2D eigenvalue weighted by molar-refractivity contribution is 5.51. The number of hydrogen-bond donors (Lipinski definition) is 1. The van der Waals surface area contributed by atoms with Gasteiger partial charge in [0.1, 0.15) is 5.82 Å². The Balaban J connectivity index is 2.69. The van der Waals surface area contributed by atoms with Crippen molar-refractivity contribution in [2.75, 3.05) is 11.9 Å². The van der Waals surface area contributed by atoms with Gasteiger partial charge in [0, 0.05) is 18.3 Å². The Morgan fingerprint density at radius 2 is 2.12 bits per heavy atom.